The number of alkyl halides is 3. The number of nitrogens with two attached hydrogens (primary N) is 1. The van der Waals surface area contributed by atoms with Crippen LogP contribution in [0, 0.1) is 0 Å². The fourth-order valence-corrected chi connectivity index (χ4v) is 4.20. The molecule has 0 unspecified atom stereocenters. The number of hydrogen-bond acceptors (Lipinski definition) is 5. The molecule has 0 atom stereocenters. The van der Waals surface area contributed by atoms with E-state index >= 15 is 0 Å². The van der Waals surface area contributed by atoms with Gasteiger partial charge in [-0.25, -0.2) is 4.98 Å². The van der Waals surface area contributed by atoms with Crippen molar-refractivity contribution in [1.82, 2.24) is 4.98 Å². The molecule has 0 saturated carbocycles. The summed E-state index contributed by atoms with van der Waals surface area (Å²) < 4.78 is 39.0. The van der Waals surface area contributed by atoms with Gasteiger partial charge in [0.1, 0.15) is 10.7 Å². The van der Waals surface area contributed by atoms with E-state index in [9.17, 15) is 18.0 Å². The van der Waals surface area contributed by atoms with Crippen molar-refractivity contribution in [2.75, 3.05) is 16.8 Å². The van der Waals surface area contributed by atoms with E-state index in [2.05, 4.69) is 10.3 Å². The first kappa shape index (κ1) is 20.5. The second kappa shape index (κ2) is 8.42. The molecule has 4 nitrogen and oxygen atoms in total. The molecule has 0 saturated heterocycles. The molecule has 0 aliphatic heterocycles. The number of anilines is 2. The van der Waals surface area contributed by atoms with Crippen molar-refractivity contribution in [3.8, 4) is 11.3 Å². The first-order chi connectivity index (χ1) is 13.2. The van der Waals surface area contributed by atoms with Gasteiger partial charge in [-0.2, -0.15) is 13.2 Å². The van der Waals surface area contributed by atoms with Crippen molar-refractivity contribution in [3.05, 3.63) is 59.1 Å². The highest BCUT2D eigenvalue weighted by Crippen LogP contribution is 2.36. The van der Waals surface area contributed by atoms with E-state index < -0.39 is 17.6 Å². The highest BCUT2D eigenvalue weighted by atomic mass is 35.5. The van der Waals surface area contributed by atoms with E-state index in [-0.39, 0.29) is 16.5 Å². The van der Waals surface area contributed by atoms with E-state index in [1.165, 1.54) is 11.3 Å². The topological polar surface area (TPSA) is 68.0 Å². The zero-order valence-electron chi connectivity index (χ0n) is 14.1. The Morgan fingerprint density at radius 2 is 1.93 bits per heavy atom. The number of hydrogen-bond donors (Lipinski definition) is 2. The fourth-order valence-electron chi connectivity index (χ4n) is 2.29. The van der Waals surface area contributed by atoms with Gasteiger partial charge in [-0.1, -0.05) is 65.0 Å². The molecule has 3 aromatic rings. The SMILES string of the molecule is Nc1sc(SCC(=O)Nc2cc(C(F)(F)F)ccc2Cl)nc1-c1ccccc1. The van der Waals surface area contributed by atoms with Crippen molar-refractivity contribution >= 4 is 51.3 Å². The normalized spacial score (nSPS) is 11.4. The third-order valence-electron chi connectivity index (χ3n) is 3.58. The maximum absolute atomic E-state index is 12.8. The minimum atomic E-state index is -4.52. The predicted molar refractivity (Wildman–Crippen MR) is 108 cm³/mol. The van der Waals surface area contributed by atoms with Gasteiger partial charge >= 0.3 is 6.18 Å². The molecule has 1 heterocycles. The van der Waals surface area contributed by atoms with Crippen molar-refractivity contribution < 1.29 is 18.0 Å². The predicted octanol–water partition coefficient (Wildman–Crippen LogP) is 5.80. The average Bonchev–Trinajstić information content (AvgIpc) is 3.02. The van der Waals surface area contributed by atoms with Gasteiger partial charge in [-0.15, -0.1) is 0 Å². The molecule has 0 aliphatic rings. The van der Waals surface area contributed by atoms with Crippen LogP contribution in [0.1, 0.15) is 5.56 Å². The van der Waals surface area contributed by atoms with Gasteiger partial charge < -0.3 is 11.1 Å². The lowest BCUT2D eigenvalue weighted by Crippen LogP contribution is -2.15. The van der Waals surface area contributed by atoms with Gasteiger partial charge in [-0.3, -0.25) is 4.79 Å². The summed E-state index contributed by atoms with van der Waals surface area (Å²) in [6.07, 6.45) is -4.52. The number of aromatic nitrogens is 1. The van der Waals surface area contributed by atoms with Crippen molar-refractivity contribution in [2.24, 2.45) is 0 Å². The number of nitrogens with one attached hydrogen (secondary N) is 1. The maximum Gasteiger partial charge on any atom is 0.416 e. The lowest BCUT2D eigenvalue weighted by Gasteiger charge is -2.11. The molecule has 0 bridgehead atoms. The molecule has 28 heavy (non-hydrogen) atoms. The van der Waals surface area contributed by atoms with Crippen LogP contribution in [0.5, 0.6) is 0 Å². The molecular weight excluding hydrogens is 431 g/mol. The number of nitrogens with zero attached hydrogens (tertiary/aromatic N) is 1. The largest absolute Gasteiger partial charge is 0.416 e. The Balaban J connectivity index is 1.66. The Bertz CT molecular complexity index is 993. The fraction of sp³-hybridized carbons (Fsp3) is 0.111. The third-order valence-corrected chi connectivity index (χ3v) is 5.93. The minimum absolute atomic E-state index is 0.0243. The molecule has 1 amide bonds. The van der Waals surface area contributed by atoms with Crippen LogP contribution >= 0.6 is 34.7 Å². The van der Waals surface area contributed by atoms with Gasteiger partial charge in [0.25, 0.3) is 0 Å². The highest BCUT2D eigenvalue weighted by molar-refractivity contribution is 8.01. The Hall–Kier alpha value is -2.23. The van der Waals surface area contributed by atoms with Gasteiger partial charge in [-0.05, 0) is 18.2 Å². The summed E-state index contributed by atoms with van der Waals surface area (Å²) in [7, 11) is 0. The van der Waals surface area contributed by atoms with Gasteiger partial charge in [0.15, 0.2) is 4.34 Å². The number of thiazole rings is 1. The molecular formula is C18H13ClF3N3OS2. The molecule has 146 valence electrons. The Kier molecular flexibility index (Phi) is 6.17. The number of rotatable bonds is 5. The van der Waals surface area contributed by atoms with Crippen molar-refractivity contribution in [3.63, 3.8) is 0 Å². The molecule has 0 aliphatic carbocycles. The highest BCUT2D eigenvalue weighted by Gasteiger charge is 2.31. The monoisotopic (exact) mass is 443 g/mol. The Morgan fingerprint density at radius 3 is 2.61 bits per heavy atom. The van der Waals surface area contributed by atoms with E-state index in [0.29, 0.717) is 15.0 Å². The number of amides is 1. The molecule has 1 aromatic heterocycles. The smallest absolute Gasteiger partial charge is 0.389 e. The summed E-state index contributed by atoms with van der Waals surface area (Å²) in [6, 6.07) is 12.1. The van der Waals surface area contributed by atoms with Crippen LogP contribution in [-0.4, -0.2) is 16.6 Å². The second-order valence-corrected chi connectivity index (χ2v) is 8.25. The number of carbonyl (C=O) groups is 1. The van der Waals surface area contributed by atoms with E-state index in [1.54, 1.807) is 0 Å². The standard InChI is InChI=1S/C18H13ClF3N3OS2/c19-12-7-6-11(18(20,21)22)8-13(12)24-14(26)9-27-17-25-15(16(23)28-17)10-4-2-1-3-5-10/h1-8H,9,23H2,(H,24,26). The summed E-state index contributed by atoms with van der Waals surface area (Å²) in [5, 5.41) is 2.95. The zero-order valence-corrected chi connectivity index (χ0v) is 16.5. The number of thioether (sulfide) groups is 1. The van der Waals surface area contributed by atoms with Crippen LogP contribution in [0.15, 0.2) is 52.9 Å². The molecule has 0 spiro atoms. The Labute approximate surface area is 171 Å². The van der Waals surface area contributed by atoms with E-state index in [0.717, 1.165) is 35.5 Å². The van der Waals surface area contributed by atoms with Crippen molar-refractivity contribution in [2.45, 2.75) is 10.5 Å². The van der Waals surface area contributed by atoms with Gasteiger partial charge in [0, 0.05) is 5.56 Å². The van der Waals surface area contributed by atoms with Crippen LogP contribution in [-0.2, 0) is 11.0 Å². The number of benzene rings is 2. The lowest BCUT2D eigenvalue weighted by atomic mass is 10.2. The van der Waals surface area contributed by atoms with Crippen LogP contribution in [0.2, 0.25) is 5.02 Å². The summed E-state index contributed by atoms with van der Waals surface area (Å²) in [6.45, 7) is 0. The third kappa shape index (κ3) is 4.98. The van der Waals surface area contributed by atoms with Crippen LogP contribution < -0.4 is 11.1 Å². The lowest BCUT2D eigenvalue weighted by molar-refractivity contribution is -0.137. The first-order valence-electron chi connectivity index (χ1n) is 7.85. The summed E-state index contributed by atoms with van der Waals surface area (Å²) >= 11 is 8.27. The quantitative estimate of drug-likeness (QED) is 0.489. The molecule has 2 aromatic carbocycles. The zero-order chi connectivity index (χ0) is 20.3. The summed E-state index contributed by atoms with van der Waals surface area (Å²) in [4.78, 5) is 16.6. The van der Waals surface area contributed by atoms with E-state index in [4.69, 9.17) is 17.3 Å². The molecule has 3 rings (SSSR count). The minimum Gasteiger partial charge on any atom is -0.389 e. The number of carbonyl (C=O) groups excluding carboxylic acids is 1. The van der Waals surface area contributed by atoms with Crippen molar-refractivity contribution in [1.29, 1.82) is 0 Å². The van der Waals surface area contributed by atoms with Gasteiger partial charge in [0.05, 0.1) is 22.0 Å². The number of nitrogen functional groups attached to an aromatic ring is 1. The number of halogens is 4. The average molecular weight is 444 g/mol. The molecule has 3 N–H and O–H groups in total. The van der Waals surface area contributed by atoms with Crippen LogP contribution in [0.4, 0.5) is 23.9 Å². The summed E-state index contributed by atoms with van der Waals surface area (Å²) in [5.74, 6) is -0.547. The molecule has 10 heteroatoms. The Morgan fingerprint density at radius 1 is 1.21 bits per heavy atom. The maximum atomic E-state index is 12.8. The molecule has 0 fully saturated rings. The van der Waals surface area contributed by atoms with Gasteiger partial charge in [0.2, 0.25) is 5.91 Å². The van der Waals surface area contributed by atoms with Crippen LogP contribution in [0.3, 0.4) is 0 Å². The molecule has 0 radical (unpaired) electrons. The van der Waals surface area contributed by atoms with E-state index in [1.807, 2.05) is 30.3 Å². The first-order valence-corrected chi connectivity index (χ1v) is 10.0. The second-order valence-electron chi connectivity index (χ2n) is 5.59. The summed E-state index contributed by atoms with van der Waals surface area (Å²) in [5.41, 5.74) is 6.52. The van der Waals surface area contributed by atoms with Crippen LogP contribution in [0.25, 0.3) is 11.3 Å².